The molecule has 0 atom stereocenters. The minimum atomic E-state index is -0.283. The predicted octanol–water partition coefficient (Wildman–Crippen LogP) is -0.0817. The topological polar surface area (TPSA) is 49.0 Å². The van der Waals surface area contributed by atoms with Crippen molar-refractivity contribution in [3.8, 4) is 0 Å². The lowest BCUT2D eigenvalue weighted by Crippen LogP contribution is -2.26. The van der Waals surface area contributed by atoms with Gasteiger partial charge in [0.25, 0.3) is 0 Å². The third-order valence-electron chi connectivity index (χ3n) is 1.37. The van der Waals surface area contributed by atoms with Crippen molar-refractivity contribution in [2.24, 2.45) is 7.05 Å². The van der Waals surface area contributed by atoms with Crippen LogP contribution in [0.15, 0.2) is 22.6 Å². The van der Waals surface area contributed by atoms with E-state index in [-0.39, 0.29) is 5.69 Å². The first-order chi connectivity index (χ1) is 6.20. The summed E-state index contributed by atoms with van der Waals surface area (Å²) in [7, 11) is 3.01. The third kappa shape index (κ3) is 1.95. The number of aryl methyl sites for hydroxylation is 1. The second kappa shape index (κ2) is 4.18. The van der Waals surface area contributed by atoms with E-state index in [2.05, 4.69) is 11.7 Å². The van der Waals surface area contributed by atoms with E-state index in [1.165, 1.54) is 23.6 Å². The fourth-order valence-corrected chi connectivity index (χ4v) is 1.52. The van der Waals surface area contributed by atoms with Gasteiger partial charge in [0.1, 0.15) is 7.11 Å². The lowest BCUT2D eigenvalue weighted by Gasteiger charge is -1.99. The van der Waals surface area contributed by atoms with Crippen molar-refractivity contribution < 1.29 is 4.84 Å². The standard InChI is InChI=1S/C7H11N3O2S/c1-4-5-13-6-8-9(2)7(11)10(6)12-3/h4H,1,5H2,2-3H3. The lowest BCUT2D eigenvalue weighted by atomic mass is 10.8. The Hall–Kier alpha value is -1.17. The highest BCUT2D eigenvalue weighted by Crippen LogP contribution is 2.11. The minimum absolute atomic E-state index is 0.283. The summed E-state index contributed by atoms with van der Waals surface area (Å²) in [6, 6.07) is 0. The van der Waals surface area contributed by atoms with Crippen molar-refractivity contribution in [1.82, 2.24) is 14.5 Å². The van der Waals surface area contributed by atoms with Gasteiger partial charge in [-0.15, -0.1) is 16.4 Å². The molecular formula is C7H11N3O2S. The highest BCUT2D eigenvalue weighted by atomic mass is 32.2. The molecule has 0 aromatic carbocycles. The summed E-state index contributed by atoms with van der Waals surface area (Å²) in [5, 5.41) is 4.51. The summed E-state index contributed by atoms with van der Waals surface area (Å²) in [5.41, 5.74) is -0.283. The minimum Gasteiger partial charge on any atom is -0.410 e. The van der Waals surface area contributed by atoms with Crippen LogP contribution in [0.3, 0.4) is 0 Å². The SMILES string of the molecule is C=CCSc1nn(C)c(=O)n1OC. The zero-order chi connectivity index (χ0) is 9.84. The molecule has 0 spiro atoms. The van der Waals surface area contributed by atoms with Crippen molar-refractivity contribution in [3.05, 3.63) is 23.1 Å². The van der Waals surface area contributed by atoms with Gasteiger partial charge in [0, 0.05) is 12.8 Å². The fraction of sp³-hybridized carbons (Fsp3) is 0.429. The van der Waals surface area contributed by atoms with Gasteiger partial charge in [-0.05, 0) is 0 Å². The molecule has 72 valence electrons. The maximum absolute atomic E-state index is 11.3. The molecule has 0 radical (unpaired) electrons. The van der Waals surface area contributed by atoms with Gasteiger partial charge in [-0.1, -0.05) is 17.8 Å². The normalized spacial score (nSPS) is 10.0. The van der Waals surface area contributed by atoms with Crippen LogP contribution < -0.4 is 10.5 Å². The Morgan fingerprint density at radius 1 is 1.77 bits per heavy atom. The number of thioether (sulfide) groups is 1. The summed E-state index contributed by atoms with van der Waals surface area (Å²) in [6.07, 6.45) is 1.74. The van der Waals surface area contributed by atoms with Crippen molar-refractivity contribution in [3.63, 3.8) is 0 Å². The Kier molecular flexibility index (Phi) is 3.18. The Labute approximate surface area is 80.0 Å². The number of rotatable bonds is 4. The maximum atomic E-state index is 11.3. The van der Waals surface area contributed by atoms with E-state index >= 15 is 0 Å². The van der Waals surface area contributed by atoms with E-state index in [1.54, 1.807) is 13.1 Å². The van der Waals surface area contributed by atoms with E-state index < -0.39 is 0 Å². The predicted molar refractivity (Wildman–Crippen MR) is 50.9 cm³/mol. The van der Waals surface area contributed by atoms with Crippen LogP contribution in [0.25, 0.3) is 0 Å². The fourth-order valence-electron chi connectivity index (χ4n) is 0.802. The molecule has 0 unspecified atom stereocenters. The van der Waals surface area contributed by atoms with Crippen LogP contribution >= 0.6 is 11.8 Å². The van der Waals surface area contributed by atoms with Crippen molar-refractivity contribution in [2.45, 2.75) is 5.16 Å². The maximum Gasteiger partial charge on any atom is 0.379 e. The van der Waals surface area contributed by atoms with E-state index in [9.17, 15) is 4.79 Å². The van der Waals surface area contributed by atoms with E-state index in [0.29, 0.717) is 10.9 Å². The molecule has 0 saturated carbocycles. The van der Waals surface area contributed by atoms with Gasteiger partial charge < -0.3 is 4.84 Å². The van der Waals surface area contributed by atoms with Crippen molar-refractivity contribution >= 4 is 11.8 Å². The molecular weight excluding hydrogens is 190 g/mol. The number of hydrogen-bond donors (Lipinski definition) is 0. The summed E-state index contributed by atoms with van der Waals surface area (Å²) >= 11 is 1.39. The van der Waals surface area contributed by atoms with E-state index in [1.807, 2.05) is 0 Å². The van der Waals surface area contributed by atoms with Crippen LogP contribution in [0, 0.1) is 0 Å². The molecule has 6 heteroatoms. The summed E-state index contributed by atoms with van der Waals surface area (Å²) in [4.78, 5) is 16.1. The van der Waals surface area contributed by atoms with Crippen molar-refractivity contribution in [1.29, 1.82) is 0 Å². The molecule has 0 aliphatic rings. The lowest BCUT2D eigenvalue weighted by molar-refractivity contribution is 0.134. The van der Waals surface area contributed by atoms with Gasteiger partial charge in [0.2, 0.25) is 5.16 Å². The van der Waals surface area contributed by atoms with Crippen LogP contribution in [0.2, 0.25) is 0 Å². The highest BCUT2D eigenvalue weighted by Gasteiger charge is 2.10. The molecule has 1 aromatic heterocycles. The van der Waals surface area contributed by atoms with E-state index in [0.717, 1.165) is 4.73 Å². The van der Waals surface area contributed by atoms with Crippen LogP contribution in [0.1, 0.15) is 0 Å². The Balaban J connectivity index is 2.99. The quantitative estimate of drug-likeness (QED) is 0.505. The molecule has 0 aliphatic carbocycles. The van der Waals surface area contributed by atoms with Gasteiger partial charge in [-0.3, -0.25) is 0 Å². The van der Waals surface area contributed by atoms with E-state index in [4.69, 9.17) is 4.84 Å². The summed E-state index contributed by atoms with van der Waals surface area (Å²) in [6.45, 7) is 3.58. The Morgan fingerprint density at radius 3 is 3.00 bits per heavy atom. The third-order valence-corrected chi connectivity index (χ3v) is 2.28. The van der Waals surface area contributed by atoms with Gasteiger partial charge >= 0.3 is 5.69 Å². The second-order valence-corrected chi connectivity index (χ2v) is 3.25. The Bertz CT molecular complexity index is 355. The molecule has 1 heterocycles. The van der Waals surface area contributed by atoms with Crippen LogP contribution in [0.4, 0.5) is 0 Å². The molecule has 1 aromatic rings. The molecule has 5 nitrogen and oxygen atoms in total. The van der Waals surface area contributed by atoms with Crippen molar-refractivity contribution in [2.75, 3.05) is 12.9 Å². The smallest absolute Gasteiger partial charge is 0.379 e. The number of hydrogen-bond acceptors (Lipinski definition) is 4. The molecule has 0 amide bonds. The van der Waals surface area contributed by atoms with Gasteiger partial charge in [0.05, 0.1) is 0 Å². The van der Waals surface area contributed by atoms with Gasteiger partial charge in [-0.25, -0.2) is 9.48 Å². The first-order valence-corrected chi connectivity index (χ1v) is 4.63. The molecule has 0 fully saturated rings. The average Bonchev–Trinajstić information content (AvgIpc) is 2.39. The van der Waals surface area contributed by atoms with Crippen LogP contribution in [-0.4, -0.2) is 27.4 Å². The largest absolute Gasteiger partial charge is 0.410 e. The van der Waals surface area contributed by atoms with Crippen LogP contribution in [-0.2, 0) is 7.05 Å². The van der Waals surface area contributed by atoms with Gasteiger partial charge in [-0.2, -0.15) is 0 Å². The summed E-state index contributed by atoms with van der Waals surface area (Å²) < 4.78 is 2.38. The molecule has 0 bridgehead atoms. The zero-order valence-electron chi connectivity index (χ0n) is 7.56. The molecule has 0 N–H and O–H groups in total. The van der Waals surface area contributed by atoms with Crippen LogP contribution in [0.5, 0.6) is 0 Å². The Morgan fingerprint density at radius 2 is 2.46 bits per heavy atom. The average molecular weight is 201 g/mol. The first-order valence-electron chi connectivity index (χ1n) is 3.65. The first kappa shape index (κ1) is 9.91. The number of nitrogens with zero attached hydrogens (tertiary/aromatic N) is 3. The molecule has 1 rings (SSSR count). The molecule has 13 heavy (non-hydrogen) atoms. The highest BCUT2D eigenvalue weighted by molar-refractivity contribution is 7.99. The molecule has 0 saturated heterocycles. The van der Waals surface area contributed by atoms with Gasteiger partial charge in [0.15, 0.2) is 0 Å². The zero-order valence-corrected chi connectivity index (χ0v) is 8.37. The number of aromatic nitrogens is 3. The molecule has 0 aliphatic heterocycles. The summed E-state index contributed by atoms with van der Waals surface area (Å²) in [5.74, 6) is 0.694. The second-order valence-electron chi connectivity index (χ2n) is 2.27. The monoisotopic (exact) mass is 201 g/mol.